The maximum atomic E-state index is 12.3. The van der Waals surface area contributed by atoms with Crippen molar-refractivity contribution in [2.24, 2.45) is 5.92 Å². The van der Waals surface area contributed by atoms with Crippen LogP contribution in [0.4, 0.5) is 4.79 Å². The van der Waals surface area contributed by atoms with E-state index in [1.807, 2.05) is 6.07 Å². The van der Waals surface area contributed by atoms with E-state index in [1.54, 1.807) is 0 Å². The molecule has 1 aromatic carbocycles. The Hall–Kier alpha value is -1.07. The molecule has 5 rings (SSSR count). The lowest BCUT2D eigenvalue weighted by Crippen LogP contribution is -2.52. The Morgan fingerprint density at radius 1 is 1.27 bits per heavy atom. The van der Waals surface area contributed by atoms with Gasteiger partial charge in [0.05, 0.1) is 6.04 Å². The number of halogens is 1. The lowest BCUT2D eigenvalue weighted by molar-refractivity contribution is -0.0339. The molecule has 1 amide bonds. The first-order valence-corrected chi connectivity index (χ1v) is 8.96. The van der Waals surface area contributed by atoms with E-state index in [-0.39, 0.29) is 18.2 Å². The molecule has 2 atom stereocenters. The molecule has 1 unspecified atom stereocenters. The summed E-state index contributed by atoms with van der Waals surface area (Å²) in [6.45, 7) is 3.24. The average Bonchev–Trinajstić information content (AvgIpc) is 2.90. The number of hydrogen-bond acceptors (Lipinski definition) is 3. The summed E-state index contributed by atoms with van der Waals surface area (Å²) >= 11 is 3.50. The molecule has 1 N–H and O–H groups in total. The van der Waals surface area contributed by atoms with Crippen molar-refractivity contribution < 1.29 is 9.53 Å². The van der Waals surface area contributed by atoms with Gasteiger partial charge in [0, 0.05) is 11.0 Å². The molecule has 0 radical (unpaired) electrons. The lowest BCUT2D eigenvalue weighted by Gasteiger charge is -2.43. The van der Waals surface area contributed by atoms with Crippen LogP contribution >= 0.6 is 15.9 Å². The Kier molecular flexibility index (Phi) is 3.86. The van der Waals surface area contributed by atoms with Gasteiger partial charge < -0.3 is 10.1 Å². The van der Waals surface area contributed by atoms with Gasteiger partial charge in [0.15, 0.2) is 0 Å². The average molecular weight is 365 g/mol. The van der Waals surface area contributed by atoms with Crippen LogP contribution in [0, 0.1) is 5.92 Å². The Labute approximate surface area is 139 Å². The topological polar surface area (TPSA) is 41.6 Å². The van der Waals surface area contributed by atoms with Crippen LogP contribution in [0.2, 0.25) is 0 Å². The molecule has 0 aromatic heterocycles. The van der Waals surface area contributed by atoms with Crippen LogP contribution in [-0.2, 0) is 11.2 Å². The first-order valence-electron chi connectivity index (χ1n) is 8.17. The Balaban J connectivity index is 1.37. The molecular weight excluding hydrogens is 344 g/mol. The van der Waals surface area contributed by atoms with Crippen LogP contribution in [-0.4, -0.2) is 36.7 Å². The number of carbonyl (C=O) groups is 1. The fraction of sp³-hybridized carbons (Fsp3) is 0.588. The highest BCUT2D eigenvalue weighted by molar-refractivity contribution is 9.10. The van der Waals surface area contributed by atoms with E-state index >= 15 is 0 Å². The minimum absolute atomic E-state index is 0.0771. The van der Waals surface area contributed by atoms with Crippen molar-refractivity contribution in [3.63, 3.8) is 0 Å². The third kappa shape index (κ3) is 2.76. The van der Waals surface area contributed by atoms with Gasteiger partial charge >= 0.3 is 6.09 Å². The van der Waals surface area contributed by atoms with E-state index in [0.29, 0.717) is 5.92 Å². The van der Waals surface area contributed by atoms with E-state index in [0.717, 1.165) is 49.8 Å². The second kappa shape index (κ2) is 5.85. The summed E-state index contributed by atoms with van der Waals surface area (Å²) in [7, 11) is 0. The molecule has 3 heterocycles. The fourth-order valence-corrected chi connectivity index (χ4v) is 4.50. The van der Waals surface area contributed by atoms with Gasteiger partial charge in [0.1, 0.15) is 6.10 Å². The second-order valence-corrected chi connectivity index (χ2v) is 7.58. The highest BCUT2D eigenvalue weighted by Gasteiger charge is 2.37. The fourth-order valence-electron chi connectivity index (χ4n) is 4.09. The summed E-state index contributed by atoms with van der Waals surface area (Å²) in [5, 5.41) is 3.07. The van der Waals surface area contributed by atoms with Crippen LogP contribution < -0.4 is 5.32 Å². The number of benzene rings is 1. The highest BCUT2D eigenvalue weighted by Crippen LogP contribution is 2.34. The number of amides is 1. The Morgan fingerprint density at radius 3 is 2.82 bits per heavy atom. The standard InChI is InChI=1S/C17H21BrN2O2/c18-13-2-3-14-12(9-13)1-4-15(14)19-17(21)22-16-10-20-7-5-11(16)6-8-20/h2-3,9,11,15-16H,1,4-8,10H2,(H,19,21)/t15?,16-/m0/s1. The van der Waals surface area contributed by atoms with E-state index < -0.39 is 0 Å². The summed E-state index contributed by atoms with van der Waals surface area (Å²) in [6.07, 6.45) is 4.13. The summed E-state index contributed by atoms with van der Waals surface area (Å²) in [5.74, 6) is 0.558. The number of piperidine rings is 3. The van der Waals surface area contributed by atoms with Gasteiger partial charge in [-0.25, -0.2) is 4.79 Å². The normalized spacial score (nSPS) is 32.6. The molecule has 4 nitrogen and oxygen atoms in total. The van der Waals surface area contributed by atoms with Gasteiger partial charge in [-0.1, -0.05) is 22.0 Å². The first kappa shape index (κ1) is 14.5. The molecule has 3 saturated heterocycles. The van der Waals surface area contributed by atoms with E-state index in [2.05, 4.69) is 38.3 Å². The van der Waals surface area contributed by atoms with Crippen molar-refractivity contribution in [2.45, 2.75) is 37.8 Å². The highest BCUT2D eigenvalue weighted by atomic mass is 79.9. The van der Waals surface area contributed by atoms with Gasteiger partial charge in [-0.3, -0.25) is 4.90 Å². The van der Waals surface area contributed by atoms with E-state index in [1.165, 1.54) is 11.1 Å². The number of alkyl carbamates (subject to hydrolysis) is 1. The number of nitrogens with one attached hydrogen (secondary N) is 1. The van der Waals surface area contributed by atoms with Crippen LogP contribution in [0.3, 0.4) is 0 Å². The van der Waals surface area contributed by atoms with Gasteiger partial charge in [0.25, 0.3) is 0 Å². The summed E-state index contributed by atoms with van der Waals surface area (Å²) in [5.41, 5.74) is 2.55. The zero-order chi connectivity index (χ0) is 15.1. The molecule has 2 bridgehead atoms. The van der Waals surface area contributed by atoms with E-state index in [4.69, 9.17) is 4.74 Å². The molecule has 0 saturated carbocycles. The van der Waals surface area contributed by atoms with Crippen molar-refractivity contribution in [1.82, 2.24) is 10.2 Å². The summed E-state index contributed by atoms with van der Waals surface area (Å²) < 4.78 is 6.82. The summed E-state index contributed by atoms with van der Waals surface area (Å²) in [4.78, 5) is 14.7. The predicted molar refractivity (Wildman–Crippen MR) is 87.8 cm³/mol. The van der Waals surface area contributed by atoms with Crippen molar-refractivity contribution in [1.29, 1.82) is 0 Å². The summed E-state index contributed by atoms with van der Waals surface area (Å²) in [6, 6.07) is 6.38. The molecule has 4 aliphatic rings. The zero-order valence-corrected chi connectivity index (χ0v) is 14.1. The molecule has 118 valence electrons. The number of fused-ring (bicyclic) bond motifs is 4. The number of rotatable bonds is 2. The maximum Gasteiger partial charge on any atom is 0.407 e. The monoisotopic (exact) mass is 364 g/mol. The van der Waals surface area contributed by atoms with Crippen molar-refractivity contribution in [3.8, 4) is 0 Å². The van der Waals surface area contributed by atoms with Crippen LogP contribution in [0.5, 0.6) is 0 Å². The number of carbonyl (C=O) groups excluding carboxylic acids is 1. The second-order valence-electron chi connectivity index (χ2n) is 6.66. The quantitative estimate of drug-likeness (QED) is 0.875. The maximum absolute atomic E-state index is 12.3. The van der Waals surface area contributed by atoms with Crippen LogP contribution in [0.1, 0.15) is 36.4 Å². The van der Waals surface area contributed by atoms with Crippen molar-refractivity contribution in [2.75, 3.05) is 19.6 Å². The minimum Gasteiger partial charge on any atom is -0.445 e. The third-order valence-corrected chi connectivity index (χ3v) is 5.82. The molecular formula is C17H21BrN2O2. The van der Waals surface area contributed by atoms with Crippen molar-refractivity contribution >= 4 is 22.0 Å². The number of nitrogens with zero attached hydrogens (tertiary/aromatic N) is 1. The number of ether oxygens (including phenoxy) is 1. The minimum atomic E-state index is -0.250. The SMILES string of the molecule is O=C(NC1CCc2cc(Br)ccc21)O[C@H]1CN2CCC1CC2. The third-order valence-electron chi connectivity index (χ3n) is 5.33. The Morgan fingerprint density at radius 2 is 2.09 bits per heavy atom. The molecule has 3 fully saturated rings. The molecule has 5 heteroatoms. The molecule has 22 heavy (non-hydrogen) atoms. The molecule has 3 aliphatic heterocycles. The van der Waals surface area contributed by atoms with E-state index in [9.17, 15) is 4.79 Å². The Bertz CT molecular complexity index is 584. The molecule has 0 spiro atoms. The molecule has 1 aromatic rings. The van der Waals surface area contributed by atoms with Gasteiger partial charge in [0.2, 0.25) is 0 Å². The van der Waals surface area contributed by atoms with Crippen LogP contribution in [0.25, 0.3) is 0 Å². The zero-order valence-electron chi connectivity index (χ0n) is 12.6. The van der Waals surface area contributed by atoms with Gasteiger partial charge in [-0.2, -0.15) is 0 Å². The van der Waals surface area contributed by atoms with Crippen LogP contribution in [0.15, 0.2) is 22.7 Å². The molecule has 1 aliphatic carbocycles. The first-order chi connectivity index (χ1) is 10.7. The smallest absolute Gasteiger partial charge is 0.407 e. The van der Waals surface area contributed by atoms with Gasteiger partial charge in [-0.05, 0) is 68.0 Å². The largest absolute Gasteiger partial charge is 0.445 e. The predicted octanol–water partition coefficient (Wildman–Crippen LogP) is 3.26. The lowest BCUT2D eigenvalue weighted by atomic mass is 9.86. The van der Waals surface area contributed by atoms with Crippen molar-refractivity contribution in [3.05, 3.63) is 33.8 Å². The number of aryl methyl sites for hydroxylation is 1. The van der Waals surface area contributed by atoms with Gasteiger partial charge in [-0.15, -0.1) is 0 Å². The number of hydrogen-bond donors (Lipinski definition) is 1.